The molecule has 1 aliphatic rings. The highest BCUT2D eigenvalue weighted by Gasteiger charge is 2.28. The molecule has 1 saturated heterocycles. The Kier molecular flexibility index (Phi) is 7.50. The molecule has 4 heteroatoms. The second kappa shape index (κ2) is 8.62. The first-order chi connectivity index (χ1) is 9.85. The normalized spacial score (nSPS) is 19.9. The molecule has 0 aromatic heterocycles. The molecule has 1 atom stereocenters. The van der Waals surface area contributed by atoms with Gasteiger partial charge in [-0.1, -0.05) is 26.7 Å². The number of carbonyl (C=O) groups excluding carboxylic acids is 1. The first-order valence-electron chi connectivity index (χ1n) is 8.59. The highest BCUT2D eigenvalue weighted by Crippen LogP contribution is 2.17. The summed E-state index contributed by atoms with van der Waals surface area (Å²) in [5, 5.41) is 3.76. The van der Waals surface area contributed by atoms with E-state index >= 15 is 0 Å². The minimum absolute atomic E-state index is 0.170. The summed E-state index contributed by atoms with van der Waals surface area (Å²) in [4.78, 5) is 14.0. The number of nitrogens with one attached hydrogen (secondary N) is 1. The van der Waals surface area contributed by atoms with E-state index in [4.69, 9.17) is 4.74 Å². The van der Waals surface area contributed by atoms with Crippen molar-refractivity contribution in [3.05, 3.63) is 0 Å². The first-order valence-corrected chi connectivity index (χ1v) is 8.59. The highest BCUT2D eigenvalue weighted by atomic mass is 16.6. The summed E-state index contributed by atoms with van der Waals surface area (Å²) in [5.41, 5.74) is -0.412. The third kappa shape index (κ3) is 7.16. The van der Waals surface area contributed by atoms with Gasteiger partial charge >= 0.3 is 6.09 Å². The van der Waals surface area contributed by atoms with Crippen LogP contribution in [0, 0.1) is 0 Å². The summed E-state index contributed by atoms with van der Waals surface area (Å²) in [7, 11) is 0. The van der Waals surface area contributed by atoms with Crippen molar-refractivity contribution in [3.8, 4) is 0 Å². The summed E-state index contributed by atoms with van der Waals surface area (Å²) in [6.07, 6.45) is 6.90. The van der Waals surface area contributed by atoms with Gasteiger partial charge < -0.3 is 15.0 Å². The topological polar surface area (TPSA) is 41.6 Å². The zero-order valence-corrected chi connectivity index (χ0v) is 14.6. The van der Waals surface area contributed by atoms with Crippen molar-refractivity contribution in [2.45, 2.75) is 90.8 Å². The second-order valence-electron chi connectivity index (χ2n) is 7.21. The Morgan fingerprint density at radius 1 is 1.29 bits per heavy atom. The molecule has 0 aromatic rings. The molecule has 1 aliphatic heterocycles. The fourth-order valence-corrected chi connectivity index (χ4v) is 2.95. The van der Waals surface area contributed by atoms with E-state index in [9.17, 15) is 4.79 Å². The third-order valence-electron chi connectivity index (χ3n) is 3.82. The summed E-state index contributed by atoms with van der Waals surface area (Å²) < 4.78 is 5.48. The number of hydrogen-bond acceptors (Lipinski definition) is 3. The molecule has 0 aromatic carbocycles. The molecule has 1 amide bonds. The molecular formula is C17H34N2O2. The van der Waals surface area contributed by atoms with Crippen molar-refractivity contribution in [2.24, 2.45) is 0 Å². The molecule has 124 valence electrons. The van der Waals surface area contributed by atoms with E-state index in [-0.39, 0.29) is 6.09 Å². The van der Waals surface area contributed by atoms with Gasteiger partial charge in [0, 0.05) is 25.2 Å². The smallest absolute Gasteiger partial charge is 0.410 e. The lowest BCUT2D eigenvalue weighted by Gasteiger charge is -2.36. The van der Waals surface area contributed by atoms with Crippen LogP contribution in [0.5, 0.6) is 0 Å². The van der Waals surface area contributed by atoms with Gasteiger partial charge in [-0.25, -0.2) is 4.79 Å². The lowest BCUT2D eigenvalue weighted by molar-refractivity contribution is 0.0182. The molecule has 0 saturated carbocycles. The Labute approximate surface area is 130 Å². The Morgan fingerprint density at radius 2 is 1.90 bits per heavy atom. The van der Waals surface area contributed by atoms with Gasteiger partial charge in [-0.15, -0.1) is 0 Å². The van der Waals surface area contributed by atoms with Crippen LogP contribution in [0.25, 0.3) is 0 Å². The molecule has 4 nitrogen and oxygen atoms in total. The Balaban J connectivity index is 2.49. The number of hydrogen-bond donors (Lipinski definition) is 1. The molecule has 0 radical (unpaired) electrons. The minimum atomic E-state index is -0.412. The standard InChI is InChI=1S/C17H34N2O2/c1-6-9-14(10-7-2)18-15-11-8-12-19(13-15)16(20)21-17(3,4)5/h14-15,18H,6-13H2,1-5H3. The predicted molar refractivity (Wildman–Crippen MR) is 87.6 cm³/mol. The van der Waals surface area contributed by atoms with Gasteiger partial charge in [-0.2, -0.15) is 0 Å². The van der Waals surface area contributed by atoms with Crippen molar-refractivity contribution < 1.29 is 9.53 Å². The van der Waals surface area contributed by atoms with E-state index in [0.29, 0.717) is 12.1 Å². The van der Waals surface area contributed by atoms with Gasteiger partial charge in [0.05, 0.1) is 0 Å². The minimum Gasteiger partial charge on any atom is -0.444 e. The average molecular weight is 298 g/mol. The molecule has 0 spiro atoms. The molecule has 0 aliphatic carbocycles. The van der Waals surface area contributed by atoms with Crippen LogP contribution < -0.4 is 5.32 Å². The van der Waals surface area contributed by atoms with Crippen molar-refractivity contribution in [3.63, 3.8) is 0 Å². The van der Waals surface area contributed by atoms with Crippen LogP contribution in [0.4, 0.5) is 4.79 Å². The fraction of sp³-hybridized carbons (Fsp3) is 0.941. The van der Waals surface area contributed by atoms with Crippen LogP contribution in [-0.4, -0.2) is 41.8 Å². The largest absolute Gasteiger partial charge is 0.444 e. The first kappa shape index (κ1) is 18.3. The molecule has 1 fully saturated rings. The molecule has 1 rings (SSSR count). The van der Waals surface area contributed by atoms with Crippen molar-refractivity contribution in [1.29, 1.82) is 0 Å². The van der Waals surface area contributed by atoms with Gasteiger partial charge in [-0.05, 0) is 46.5 Å². The predicted octanol–water partition coefficient (Wildman–Crippen LogP) is 3.94. The van der Waals surface area contributed by atoms with Gasteiger partial charge in [0.2, 0.25) is 0 Å². The van der Waals surface area contributed by atoms with Gasteiger partial charge in [0.1, 0.15) is 5.60 Å². The van der Waals surface area contributed by atoms with Crippen molar-refractivity contribution in [2.75, 3.05) is 13.1 Å². The maximum atomic E-state index is 12.2. The molecule has 1 heterocycles. The van der Waals surface area contributed by atoms with Crippen LogP contribution >= 0.6 is 0 Å². The number of ether oxygens (including phenoxy) is 1. The lowest BCUT2D eigenvalue weighted by atomic mass is 10.0. The maximum Gasteiger partial charge on any atom is 0.410 e. The van der Waals surface area contributed by atoms with Gasteiger partial charge in [0.15, 0.2) is 0 Å². The molecule has 0 bridgehead atoms. The summed E-state index contributed by atoms with van der Waals surface area (Å²) in [6, 6.07) is 0.998. The van der Waals surface area contributed by atoms with Crippen LogP contribution in [0.2, 0.25) is 0 Å². The van der Waals surface area contributed by atoms with Crippen LogP contribution in [0.1, 0.15) is 73.1 Å². The molecule has 1 unspecified atom stereocenters. The quantitative estimate of drug-likeness (QED) is 0.807. The van der Waals surface area contributed by atoms with E-state index < -0.39 is 5.60 Å². The molecule has 21 heavy (non-hydrogen) atoms. The van der Waals surface area contributed by atoms with E-state index in [0.717, 1.165) is 25.9 Å². The number of likely N-dealkylation sites (tertiary alicyclic amines) is 1. The van der Waals surface area contributed by atoms with Crippen molar-refractivity contribution in [1.82, 2.24) is 10.2 Å². The zero-order chi connectivity index (χ0) is 15.9. The third-order valence-corrected chi connectivity index (χ3v) is 3.82. The Bertz CT molecular complexity index is 306. The van der Waals surface area contributed by atoms with Gasteiger partial charge in [-0.3, -0.25) is 0 Å². The second-order valence-corrected chi connectivity index (χ2v) is 7.21. The summed E-state index contributed by atoms with van der Waals surface area (Å²) in [6.45, 7) is 11.8. The number of amides is 1. The monoisotopic (exact) mass is 298 g/mol. The summed E-state index contributed by atoms with van der Waals surface area (Å²) in [5.74, 6) is 0. The number of rotatable bonds is 6. The Morgan fingerprint density at radius 3 is 2.43 bits per heavy atom. The van der Waals surface area contributed by atoms with Crippen LogP contribution in [0.3, 0.4) is 0 Å². The molecular weight excluding hydrogens is 264 g/mol. The van der Waals surface area contributed by atoms with Crippen LogP contribution in [0.15, 0.2) is 0 Å². The van der Waals surface area contributed by atoms with Gasteiger partial charge in [0.25, 0.3) is 0 Å². The van der Waals surface area contributed by atoms with E-state index in [1.807, 2.05) is 25.7 Å². The van der Waals surface area contributed by atoms with E-state index in [1.165, 1.54) is 25.7 Å². The SMILES string of the molecule is CCCC(CCC)NC1CCCN(C(=O)OC(C)(C)C)C1. The number of nitrogens with zero attached hydrogens (tertiary/aromatic N) is 1. The maximum absolute atomic E-state index is 12.2. The van der Waals surface area contributed by atoms with Crippen LogP contribution in [-0.2, 0) is 4.74 Å². The number of piperidine rings is 1. The lowest BCUT2D eigenvalue weighted by Crippen LogP contribution is -2.51. The highest BCUT2D eigenvalue weighted by molar-refractivity contribution is 5.68. The summed E-state index contributed by atoms with van der Waals surface area (Å²) >= 11 is 0. The van der Waals surface area contributed by atoms with E-state index in [1.54, 1.807) is 0 Å². The van der Waals surface area contributed by atoms with Crippen molar-refractivity contribution >= 4 is 6.09 Å². The number of carbonyl (C=O) groups is 1. The van der Waals surface area contributed by atoms with E-state index in [2.05, 4.69) is 19.2 Å². The zero-order valence-electron chi connectivity index (χ0n) is 14.6. The average Bonchev–Trinajstić information content (AvgIpc) is 2.37. The molecule has 1 N–H and O–H groups in total. The Hall–Kier alpha value is -0.770. The fourth-order valence-electron chi connectivity index (χ4n) is 2.95.